The van der Waals surface area contributed by atoms with Crippen molar-refractivity contribution in [1.82, 2.24) is 10.3 Å². The Balaban J connectivity index is 1.73. The maximum absolute atomic E-state index is 13.2. The second-order valence-corrected chi connectivity index (χ2v) is 8.40. The van der Waals surface area contributed by atoms with Crippen LogP contribution < -0.4 is 9.62 Å². The standard InChI is InChI=1S/C24H20ClN3O3S/c1-16(17-11-13-19(25)14-12-17)27-24(29)20-8-2-3-9-21(20)28(32(30)31)22-10-4-6-18-7-5-15-26-23(18)22/h2-16H,1H3,(H,27,29)(H,30,31). The number of pyridine rings is 1. The summed E-state index contributed by atoms with van der Waals surface area (Å²) in [7, 11) is 0. The predicted octanol–water partition coefficient (Wildman–Crippen LogP) is 5.65. The summed E-state index contributed by atoms with van der Waals surface area (Å²) in [4.78, 5) is 17.6. The van der Waals surface area contributed by atoms with Gasteiger partial charge in [-0.2, -0.15) is 0 Å². The minimum atomic E-state index is -2.44. The van der Waals surface area contributed by atoms with Crippen LogP contribution in [-0.2, 0) is 11.3 Å². The zero-order chi connectivity index (χ0) is 22.7. The van der Waals surface area contributed by atoms with Crippen molar-refractivity contribution in [2.75, 3.05) is 4.31 Å². The number of nitrogens with zero attached hydrogens (tertiary/aromatic N) is 2. The van der Waals surface area contributed by atoms with Gasteiger partial charge in [-0.25, -0.2) is 8.51 Å². The highest BCUT2D eigenvalue weighted by molar-refractivity contribution is 7.81. The van der Waals surface area contributed by atoms with E-state index in [0.29, 0.717) is 21.9 Å². The van der Waals surface area contributed by atoms with Crippen molar-refractivity contribution in [2.24, 2.45) is 0 Å². The predicted molar refractivity (Wildman–Crippen MR) is 128 cm³/mol. The molecule has 2 unspecified atom stereocenters. The molecule has 0 spiro atoms. The lowest BCUT2D eigenvalue weighted by Crippen LogP contribution is -2.29. The van der Waals surface area contributed by atoms with Gasteiger partial charge in [0.05, 0.1) is 28.5 Å². The Hall–Kier alpha value is -3.26. The highest BCUT2D eigenvalue weighted by Crippen LogP contribution is 2.34. The van der Waals surface area contributed by atoms with Gasteiger partial charge in [-0.1, -0.05) is 54.1 Å². The molecule has 32 heavy (non-hydrogen) atoms. The number of anilines is 2. The van der Waals surface area contributed by atoms with Crippen molar-refractivity contribution < 1.29 is 13.6 Å². The first-order valence-electron chi connectivity index (χ1n) is 9.86. The summed E-state index contributed by atoms with van der Waals surface area (Å²) < 4.78 is 23.9. The maximum atomic E-state index is 13.2. The van der Waals surface area contributed by atoms with Gasteiger partial charge >= 0.3 is 0 Å². The van der Waals surface area contributed by atoms with Crippen molar-refractivity contribution in [3.63, 3.8) is 0 Å². The molecule has 0 aliphatic heterocycles. The summed E-state index contributed by atoms with van der Waals surface area (Å²) in [6, 6.07) is 22.6. The number of aromatic nitrogens is 1. The van der Waals surface area contributed by atoms with E-state index in [2.05, 4.69) is 10.3 Å². The van der Waals surface area contributed by atoms with E-state index in [0.717, 1.165) is 10.9 Å². The van der Waals surface area contributed by atoms with E-state index in [1.54, 1.807) is 60.8 Å². The van der Waals surface area contributed by atoms with Crippen LogP contribution in [0.15, 0.2) is 85.1 Å². The first kappa shape index (κ1) is 22.0. The van der Waals surface area contributed by atoms with E-state index in [9.17, 15) is 13.6 Å². The van der Waals surface area contributed by atoms with Crippen LogP contribution in [0.5, 0.6) is 0 Å². The number of amides is 1. The van der Waals surface area contributed by atoms with Crippen molar-refractivity contribution in [2.45, 2.75) is 13.0 Å². The fourth-order valence-corrected chi connectivity index (χ4v) is 4.27. The summed E-state index contributed by atoms with van der Waals surface area (Å²) >= 11 is 3.51. The van der Waals surface area contributed by atoms with E-state index < -0.39 is 11.3 Å². The number of fused-ring (bicyclic) bond motifs is 1. The van der Waals surface area contributed by atoms with Crippen molar-refractivity contribution in [3.8, 4) is 0 Å². The van der Waals surface area contributed by atoms with Gasteiger partial charge in [-0.15, -0.1) is 0 Å². The third-order valence-electron chi connectivity index (χ3n) is 5.07. The Bertz CT molecular complexity index is 1290. The molecule has 3 aromatic carbocycles. The minimum absolute atomic E-state index is 0.267. The lowest BCUT2D eigenvalue weighted by molar-refractivity contribution is 0.0940. The maximum Gasteiger partial charge on any atom is 0.266 e. The molecule has 0 bridgehead atoms. The first-order valence-corrected chi connectivity index (χ1v) is 11.3. The molecule has 8 heteroatoms. The molecule has 0 fully saturated rings. The molecule has 0 saturated heterocycles. The van der Waals surface area contributed by atoms with Gasteiger partial charge in [-0.05, 0) is 48.9 Å². The molecule has 1 aromatic heterocycles. The van der Waals surface area contributed by atoms with Gasteiger partial charge < -0.3 is 5.32 Å². The molecule has 0 aliphatic rings. The average Bonchev–Trinajstić information content (AvgIpc) is 2.80. The van der Waals surface area contributed by atoms with Gasteiger partial charge in [0.25, 0.3) is 17.2 Å². The topological polar surface area (TPSA) is 82.5 Å². The molecule has 0 radical (unpaired) electrons. The molecule has 1 heterocycles. The molecule has 0 aliphatic carbocycles. The largest absolute Gasteiger partial charge is 0.345 e. The molecule has 162 valence electrons. The van der Waals surface area contributed by atoms with Crippen LogP contribution in [-0.4, -0.2) is 19.7 Å². The van der Waals surface area contributed by atoms with Crippen molar-refractivity contribution in [3.05, 3.63) is 101 Å². The number of rotatable bonds is 6. The van der Waals surface area contributed by atoms with Gasteiger partial charge in [0.15, 0.2) is 0 Å². The fraction of sp³-hybridized carbons (Fsp3) is 0.0833. The lowest BCUT2D eigenvalue weighted by Gasteiger charge is -2.24. The number of hydrogen-bond acceptors (Lipinski definition) is 3. The first-order chi connectivity index (χ1) is 15.5. The number of carbonyl (C=O) groups is 1. The Morgan fingerprint density at radius 1 is 1.00 bits per heavy atom. The number of para-hydroxylation sites is 2. The van der Waals surface area contributed by atoms with Crippen molar-refractivity contribution >= 4 is 51.1 Å². The highest BCUT2D eigenvalue weighted by atomic mass is 35.5. The van der Waals surface area contributed by atoms with Crippen LogP contribution in [0.25, 0.3) is 10.9 Å². The van der Waals surface area contributed by atoms with Crippen LogP contribution in [0.2, 0.25) is 5.02 Å². The quantitative estimate of drug-likeness (QED) is 0.360. The molecular formula is C24H20ClN3O3S. The molecule has 2 atom stereocenters. The molecule has 1 amide bonds. The third-order valence-corrected chi connectivity index (χ3v) is 6.03. The monoisotopic (exact) mass is 465 g/mol. The van der Waals surface area contributed by atoms with E-state index in [-0.39, 0.29) is 17.5 Å². The lowest BCUT2D eigenvalue weighted by atomic mass is 10.1. The molecule has 0 saturated carbocycles. The van der Waals surface area contributed by atoms with Gasteiger partial charge in [0.1, 0.15) is 0 Å². The van der Waals surface area contributed by atoms with Crippen LogP contribution in [0.4, 0.5) is 11.4 Å². The summed E-state index contributed by atoms with van der Waals surface area (Å²) in [5.74, 6) is -0.369. The zero-order valence-electron chi connectivity index (χ0n) is 17.1. The Morgan fingerprint density at radius 3 is 2.44 bits per heavy atom. The number of hydrogen-bond donors (Lipinski definition) is 2. The second kappa shape index (κ2) is 9.48. The van der Waals surface area contributed by atoms with Crippen LogP contribution in [0, 0.1) is 0 Å². The second-order valence-electron chi connectivity index (χ2n) is 7.14. The third kappa shape index (κ3) is 4.50. The van der Waals surface area contributed by atoms with E-state index in [1.807, 2.05) is 31.2 Å². The normalized spacial score (nSPS) is 12.8. The average molecular weight is 466 g/mol. The molecule has 6 nitrogen and oxygen atoms in total. The number of benzene rings is 3. The molecular weight excluding hydrogens is 446 g/mol. The molecule has 2 N–H and O–H groups in total. The Labute approximate surface area is 193 Å². The fourth-order valence-electron chi connectivity index (χ4n) is 3.50. The Kier molecular flexibility index (Phi) is 6.50. The van der Waals surface area contributed by atoms with Crippen LogP contribution in [0.3, 0.4) is 0 Å². The summed E-state index contributed by atoms with van der Waals surface area (Å²) in [6.45, 7) is 1.86. The van der Waals surface area contributed by atoms with Gasteiger partial charge in [-0.3, -0.25) is 14.3 Å². The van der Waals surface area contributed by atoms with Gasteiger partial charge in [0, 0.05) is 16.6 Å². The zero-order valence-corrected chi connectivity index (χ0v) is 18.7. The number of carbonyl (C=O) groups excluding carboxylic acids is 1. The minimum Gasteiger partial charge on any atom is -0.345 e. The van der Waals surface area contributed by atoms with E-state index in [1.165, 1.54) is 4.31 Å². The highest BCUT2D eigenvalue weighted by Gasteiger charge is 2.24. The van der Waals surface area contributed by atoms with E-state index >= 15 is 0 Å². The summed E-state index contributed by atoms with van der Waals surface area (Å²) in [6.07, 6.45) is 1.62. The molecule has 4 rings (SSSR count). The van der Waals surface area contributed by atoms with Crippen LogP contribution >= 0.6 is 11.6 Å². The number of halogens is 1. The summed E-state index contributed by atoms with van der Waals surface area (Å²) in [5, 5.41) is 4.38. The SMILES string of the molecule is CC(NC(=O)c1ccccc1N(c1cccc2cccnc12)S(=O)O)c1ccc(Cl)cc1. The van der Waals surface area contributed by atoms with Gasteiger partial charge in [0.2, 0.25) is 0 Å². The Morgan fingerprint density at radius 2 is 1.69 bits per heavy atom. The van der Waals surface area contributed by atoms with Crippen molar-refractivity contribution in [1.29, 1.82) is 0 Å². The van der Waals surface area contributed by atoms with E-state index in [4.69, 9.17) is 11.6 Å². The van der Waals surface area contributed by atoms with Crippen LogP contribution in [0.1, 0.15) is 28.9 Å². The number of nitrogens with one attached hydrogen (secondary N) is 1. The molecule has 4 aromatic rings. The smallest absolute Gasteiger partial charge is 0.266 e. The summed E-state index contributed by atoms with van der Waals surface area (Å²) in [5.41, 5.74) is 2.44.